The number of hydrazine groups is 1. The molecule has 1 aliphatic rings. The summed E-state index contributed by atoms with van der Waals surface area (Å²) in [5.41, 5.74) is 5.35. The molecule has 1 fully saturated rings. The van der Waals surface area contributed by atoms with Gasteiger partial charge in [-0.3, -0.25) is 15.0 Å². The van der Waals surface area contributed by atoms with Crippen LogP contribution in [0.5, 0.6) is 5.75 Å². The average molecular weight is 562 g/mol. The van der Waals surface area contributed by atoms with Crippen molar-refractivity contribution in [2.45, 2.75) is 99.8 Å². The molecular formula is C32H44BN3O5. The molecule has 1 saturated heterocycles. The SMILES string of the molecule is CC[C@@H](N(NC(=O)c1ccc(B2OC(C)(C)C(C)(C)O2)c(OCC#N)c1C)C(=O)c1cc(C)cc(C)c1)C(C)(C)C. The summed E-state index contributed by atoms with van der Waals surface area (Å²) in [4.78, 5) is 27.8. The minimum atomic E-state index is -0.738. The molecule has 0 unspecified atom stereocenters. The third-order valence-electron chi connectivity index (χ3n) is 8.08. The zero-order valence-electron chi connectivity index (χ0n) is 26.4. The molecule has 0 aromatic heterocycles. The first-order valence-electron chi connectivity index (χ1n) is 14.1. The largest absolute Gasteiger partial charge is 0.498 e. The van der Waals surface area contributed by atoms with Crippen LogP contribution in [0.25, 0.3) is 0 Å². The van der Waals surface area contributed by atoms with E-state index in [0.717, 1.165) is 11.1 Å². The van der Waals surface area contributed by atoms with Gasteiger partial charge in [-0.1, -0.05) is 51.0 Å². The van der Waals surface area contributed by atoms with E-state index >= 15 is 0 Å². The molecule has 0 aliphatic carbocycles. The van der Waals surface area contributed by atoms with Crippen molar-refractivity contribution in [1.29, 1.82) is 5.26 Å². The third-order valence-corrected chi connectivity index (χ3v) is 8.08. The molecule has 2 aromatic carbocycles. The Morgan fingerprint density at radius 1 is 1.05 bits per heavy atom. The standard InChI is InChI=1S/C32H44BN3O5/c1-12-26(30(5,6)7)36(29(38)23-18-20(2)17-21(3)19-23)35-28(37)24-13-14-25(27(22(24)4)39-16-15-34)33-40-31(8,9)32(10,11)41-33/h13-14,17-19,26H,12,16H2,1-11H3,(H,35,37)/t26-/m1/s1. The Kier molecular flexibility index (Phi) is 9.31. The Morgan fingerprint density at radius 3 is 2.10 bits per heavy atom. The molecule has 1 atom stereocenters. The first kappa shape index (κ1) is 32.2. The minimum absolute atomic E-state index is 0.211. The molecule has 1 aliphatic heterocycles. The van der Waals surface area contributed by atoms with E-state index in [1.165, 1.54) is 5.01 Å². The van der Waals surface area contributed by atoms with Gasteiger partial charge in [0, 0.05) is 22.2 Å². The molecule has 41 heavy (non-hydrogen) atoms. The lowest BCUT2D eigenvalue weighted by Crippen LogP contribution is -2.56. The Labute approximate surface area is 245 Å². The van der Waals surface area contributed by atoms with Gasteiger partial charge in [0.1, 0.15) is 11.8 Å². The van der Waals surface area contributed by atoms with E-state index in [1.54, 1.807) is 19.1 Å². The monoisotopic (exact) mass is 561 g/mol. The van der Waals surface area contributed by atoms with Gasteiger partial charge in [-0.25, -0.2) is 5.01 Å². The summed E-state index contributed by atoms with van der Waals surface area (Å²) in [6.07, 6.45) is 0.636. The van der Waals surface area contributed by atoms with Crippen LogP contribution >= 0.6 is 0 Å². The number of amides is 2. The van der Waals surface area contributed by atoms with Crippen LogP contribution in [0.4, 0.5) is 0 Å². The molecular weight excluding hydrogens is 517 g/mol. The third kappa shape index (κ3) is 6.77. The fourth-order valence-corrected chi connectivity index (χ4v) is 5.27. The predicted octanol–water partition coefficient (Wildman–Crippen LogP) is 5.43. The maximum Gasteiger partial charge on any atom is 0.498 e. The van der Waals surface area contributed by atoms with Crippen molar-refractivity contribution in [3.63, 3.8) is 0 Å². The quantitative estimate of drug-likeness (QED) is 0.358. The van der Waals surface area contributed by atoms with Gasteiger partial charge < -0.3 is 14.0 Å². The minimum Gasteiger partial charge on any atom is -0.479 e. The van der Waals surface area contributed by atoms with E-state index < -0.39 is 24.2 Å². The van der Waals surface area contributed by atoms with Crippen LogP contribution in [-0.4, -0.2) is 47.8 Å². The summed E-state index contributed by atoms with van der Waals surface area (Å²) < 4.78 is 18.3. The zero-order chi connectivity index (χ0) is 30.9. The maximum atomic E-state index is 13.9. The number of hydrogen-bond acceptors (Lipinski definition) is 6. The fourth-order valence-electron chi connectivity index (χ4n) is 5.27. The number of hydrogen-bond donors (Lipinski definition) is 1. The van der Waals surface area contributed by atoms with Crippen LogP contribution in [0.3, 0.4) is 0 Å². The topological polar surface area (TPSA) is 101 Å². The number of rotatable bonds is 7. The van der Waals surface area contributed by atoms with Gasteiger partial charge in [0.25, 0.3) is 11.8 Å². The maximum absolute atomic E-state index is 13.9. The van der Waals surface area contributed by atoms with Crippen molar-refractivity contribution in [1.82, 2.24) is 10.4 Å². The van der Waals surface area contributed by atoms with E-state index in [1.807, 2.05) is 93.5 Å². The van der Waals surface area contributed by atoms with Crippen molar-refractivity contribution in [3.8, 4) is 11.8 Å². The van der Waals surface area contributed by atoms with E-state index in [4.69, 9.17) is 14.0 Å². The Morgan fingerprint density at radius 2 is 1.61 bits per heavy atom. The number of benzene rings is 2. The summed E-state index contributed by atoms with van der Waals surface area (Å²) >= 11 is 0. The molecule has 2 aromatic rings. The second-order valence-corrected chi connectivity index (χ2v) is 13.0. The van der Waals surface area contributed by atoms with E-state index in [0.29, 0.717) is 34.3 Å². The van der Waals surface area contributed by atoms with Gasteiger partial charge in [-0.2, -0.15) is 5.26 Å². The summed E-state index contributed by atoms with van der Waals surface area (Å²) in [5.74, 6) is -0.377. The van der Waals surface area contributed by atoms with Gasteiger partial charge >= 0.3 is 7.12 Å². The molecule has 1 N–H and O–H groups in total. The predicted molar refractivity (Wildman–Crippen MR) is 161 cm³/mol. The normalized spacial score (nSPS) is 16.6. The van der Waals surface area contributed by atoms with Gasteiger partial charge in [0.2, 0.25) is 0 Å². The highest BCUT2D eigenvalue weighted by Gasteiger charge is 2.52. The van der Waals surface area contributed by atoms with E-state index in [-0.39, 0.29) is 24.0 Å². The summed E-state index contributed by atoms with van der Waals surface area (Å²) in [6.45, 7) is 21.4. The second-order valence-electron chi connectivity index (χ2n) is 13.0. The molecule has 0 saturated carbocycles. The first-order valence-corrected chi connectivity index (χ1v) is 14.1. The zero-order valence-corrected chi connectivity index (χ0v) is 26.4. The van der Waals surface area contributed by atoms with Crippen LogP contribution in [-0.2, 0) is 9.31 Å². The fraction of sp³-hybridized carbons (Fsp3) is 0.531. The number of nitrogens with zero attached hydrogens (tertiary/aromatic N) is 2. The molecule has 9 heteroatoms. The molecule has 8 nitrogen and oxygen atoms in total. The number of aryl methyl sites for hydroxylation is 2. The van der Waals surface area contributed by atoms with Crippen LogP contribution in [0.2, 0.25) is 0 Å². The Bertz CT molecular complexity index is 1320. The van der Waals surface area contributed by atoms with Gasteiger partial charge in [-0.05, 0) is 78.5 Å². The van der Waals surface area contributed by atoms with Crippen molar-refractivity contribution in [3.05, 3.63) is 58.1 Å². The van der Waals surface area contributed by atoms with Crippen LogP contribution in [0.1, 0.15) is 99.2 Å². The van der Waals surface area contributed by atoms with Gasteiger partial charge in [-0.15, -0.1) is 0 Å². The van der Waals surface area contributed by atoms with Crippen LogP contribution in [0.15, 0.2) is 30.3 Å². The lowest BCUT2D eigenvalue weighted by Gasteiger charge is -2.39. The van der Waals surface area contributed by atoms with E-state index in [2.05, 4.69) is 5.43 Å². The van der Waals surface area contributed by atoms with Gasteiger partial charge in [0.05, 0.1) is 17.2 Å². The number of ether oxygens (including phenoxy) is 1. The smallest absolute Gasteiger partial charge is 0.479 e. The number of nitrogens with one attached hydrogen (secondary N) is 1. The molecule has 0 radical (unpaired) electrons. The number of nitriles is 1. The molecule has 3 rings (SSSR count). The Hall–Kier alpha value is -3.35. The van der Waals surface area contributed by atoms with Crippen molar-refractivity contribution >= 4 is 24.4 Å². The molecule has 0 spiro atoms. The summed E-state index contributed by atoms with van der Waals surface area (Å²) in [5, 5.41) is 10.7. The van der Waals surface area contributed by atoms with Gasteiger partial charge in [0.15, 0.2) is 6.61 Å². The summed E-state index contributed by atoms with van der Waals surface area (Å²) in [7, 11) is -0.738. The second kappa shape index (κ2) is 11.9. The first-order chi connectivity index (χ1) is 18.9. The number of carbonyl (C=O) groups excluding carboxylic acids is 2. The van der Waals surface area contributed by atoms with E-state index in [9.17, 15) is 14.9 Å². The Balaban J connectivity index is 2.05. The van der Waals surface area contributed by atoms with Crippen LogP contribution < -0.4 is 15.6 Å². The number of carbonyl (C=O) groups is 2. The lowest BCUT2D eigenvalue weighted by atomic mass is 9.76. The van der Waals surface area contributed by atoms with Crippen molar-refractivity contribution in [2.75, 3.05) is 6.61 Å². The molecule has 1 heterocycles. The van der Waals surface area contributed by atoms with Crippen molar-refractivity contribution in [2.24, 2.45) is 5.41 Å². The lowest BCUT2D eigenvalue weighted by molar-refractivity contribution is 0.00578. The highest BCUT2D eigenvalue weighted by atomic mass is 16.7. The molecule has 2 amide bonds. The summed E-state index contributed by atoms with van der Waals surface area (Å²) in [6, 6.07) is 10.8. The van der Waals surface area contributed by atoms with Crippen molar-refractivity contribution < 1.29 is 23.6 Å². The van der Waals surface area contributed by atoms with Crippen LogP contribution in [0, 0.1) is 37.5 Å². The molecule has 220 valence electrons. The highest BCUT2D eigenvalue weighted by Crippen LogP contribution is 2.38. The highest BCUT2D eigenvalue weighted by molar-refractivity contribution is 6.63. The average Bonchev–Trinajstić information content (AvgIpc) is 3.07. The molecule has 0 bridgehead atoms.